The highest BCUT2D eigenvalue weighted by Gasteiger charge is 2.09. The lowest BCUT2D eigenvalue weighted by atomic mass is 10.2. The number of hydrogen-bond acceptors (Lipinski definition) is 4. The Morgan fingerprint density at radius 1 is 1.39 bits per heavy atom. The fourth-order valence-electron chi connectivity index (χ4n) is 1.48. The third-order valence-corrected chi connectivity index (χ3v) is 3.39. The van der Waals surface area contributed by atoms with Crippen molar-refractivity contribution < 1.29 is 15.0 Å². The van der Waals surface area contributed by atoms with Crippen LogP contribution < -0.4 is 5.32 Å². The van der Waals surface area contributed by atoms with Gasteiger partial charge >= 0.3 is 0 Å². The van der Waals surface area contributed by atoms with Crippen LogP contribution in [0.2, 0.25) is 0 Å². The first-order valence-corrected chi connectivity index (χ1v) is 6.95. The van der Waals surface area contributed by atoms with Crippen LogP contribution in [0.15, 0.2) is 24.3 Å². The molecule has 1 aromatic rings. The van der Waals surface area contributed by atoms with Gasteiger partial charge < -0.3 is 15.5 Å². The van der Waals surface area contributed by atoms with Crippen molar-refractivity contribution >= 4 is 17.7 Å². The number of thioether (sulfide) groups is 1. The van der Waals surface area contributed by atoms with Crippen LogP contribution in [0.4, 0.5) is 0 Å². The molecule has 0 unspecified atom stereocenters. The van der Waals surface area contributed by atoms with Gasteiger partial charge in [0.2, 0.25) is 5.91 Å². The zero-order valence-corrected chi connectivity index (χ0v) is 11.2. The van der Waals surface area contributed by atoms with Crippen molar-refractivity contribution in [1.82, 2.24) is 5.32 Å². The summed E-state index contributed by atoms with van der Waals surface area (Å²) in [4.78, 5) is 11.5. The quantitative estimate of drug-likeness (QED) is 0.681. The van der Waals surface area contributed by atoms with Crippen LogP contribution in [0, 0.1) is 6.92 Å². The summed E-state index contributed by atoms with van der Waals surface area (Å²) < 4.78 is 0. The smallest absolute Gasteiger partial charge is 0.230 e. The molecule has 0 spiro atoms. The van der Waals surface area contributed by atoms with Crippen molar-refractivity contribution in [1.29, 1.82) is 0 Å². The minimum Gasteiger partial charge on any atom is -0.394 e. The van der Waals surface area contributed by atoms with Gasteiger partial charge in [-0.05, 0) is 12.5 Å². The van der Waals surface area contributed by atoms with Crippen LogP contribution in [0.5, 0.6) is 0 Å². The van der Waals surface area contributed by atoms with Gasteiger partial charge in [0.15, 0.2) is 0 Å². The van der Waals surface area contributed by atoms with Gasteiger partial charge in [-0.15, -0.1) is 11.8 Å². The molecule has 0 atom stereocenters. The Labute approximate surface area is 111 Å². The van der Waals surface area contributed by atoms with E-state index in [1.54, 1.807) is 0 Å². The maximum atomic E-state index is 11.5. The maximum Gasteiger partial charge on any atom is 0.230 e. The van der Waals surface area contributed by atoms with Crippen LogP contribution in [0.3, 0.4) is 0 Å². The predicted molar refractivity (Wildman–Crippen MR) is 73.4 cm³/mol. The normalized spacial score (nSPS) is 10.7. The zero-order valence-electron chi connectivity index (χ0n) is 10.4. The summed E-state index contributed by atoms with van der Waals surface area (Å²) in [5.74, 6) is 0.934. The number of aliphatic hydroxyl groups is 2. The Hall–Kier alpha value is -1.04. The summed E-state index contributed by atoms with van der Waals surface area (Å²) in [5.41, 5.74) is 2.40. The van der Waals surface area contributed by atoms with Crippen LogP contribution >= 0.6 is 11.8 Å². The molecular formula is C13H19NO3S. The monoisotopic (exact) mass is 269 g/mol. The molecule has 1 amide bonds. The molecule has 1 rings (SSSR count). The van der Waals surface area contributed by atoms with Gasteiger partial charge in [0.1, 0.15) is 0 Å². The largest absolute Gasteiger partial charge is 0.394 e. The highest BCUT2D eigenvalue weighted by atomic mass is 32.2. The lowest BCUT2D eigenvalue weighted by Crippen LogP contribution is -2.41. The number of aryl methyl sites for hydroxylation is 1. The average Bonchev–Trinajstić information content (AvgIpc) is 2.36. The molecule has 100 valence electrons. The first kappa shape index (κ1) is 15.0. The molecule has 1 aromatic carbocycles. The highest BCUT2D eigenvalue weighted by molar-refractivity contribution is 7.99. The zero-order chi connectivity index (χ0) is 13.4. The summed E-state index contributed by atoms with van der Waals surface area (Å²) >= 11 is 1.51. The number of rotatable bonds is 7. The Morgan fingerprint density at radius 2 is 2.11 bits per heavy atom. The second kappa shape index (κ2) is 8.13. The molecule has 3 N–H and O–H groups in total. The van der Waals surface area contributed by atoms with Crippen molar-refractivity contribution in [2.24, 2.45) is 0 Å². The van der Waals surface area contributed by atoms with E-state index in [1.807, 2.05) is 25.1 Å². The van der Waals surface area contributed by atoms with Crippen molar-refractivity contribution in [2.45, 2.75) is 18.7 Å². The Kier molecular flexibility index (Phi) is 6.78. The summed E-state index contributed by atoms with van der Waals surface area (Å²) in [5, 5.41) is 20.2. The standard InChI is InChI=1S/C13H19NO3S/c1-10-3-2-4-11(5-10)8-18-9-13(17)14-12(6-15)7-16/h2-5,12,15-16H,6-9H2,1H3,(H,14,17). The number of hydrogen-bond donors (Lipinski definition) is 3. The first-order valence-electron chi connectivity index (χ1n) is 5.80. The highest BCUT2D eigenvalue weighted by Crippen LogP contribution is 2.13. The first-order chi connectivity index (χ1) is 8.65. The number of aliphatic hydroxyl groups excluding tert-OH is 2. The second-order valence-electron chi connectivity index (χ2n) is 4.11. The maximum absolute atomic E-state index is 11.5. The van der Waals surface area contributed by atoms with E-state index in [1.165, 1.54) is 22.9 Å². The van der Waals surface area contributed by atoms with Crippen molar-refractivity contribution in [3.63, 3.8) is 0 Å². The number of carbonyl (C=O) groups excluding carboxylic acids is 1. The minimum absolute atomic E-state index is 0.166. The SMILES string of the molecule is Cc1cccc(CSCC(=O)NC(CO)CO)c1. The second-order valence-corrected chi connectivity index (χ2v) is 5.10. The third kappa shape index (κ3) is 5.53. The van der Waals surface area contributed by atoms with E-state index in [-0.39, 0.29) is 19.1 Å². The fourth-order valence-corrected chi connectivity index (χ4v) is 2.27. The van der Waals surface area contributed by atoms with Gasteiger partial charge in [0.05, 0.1) is 25.0 Å². The fraction of sp³-hybridized carbons (Fsp3) is 0.462. The lowest BCUT2D eigenvalue weighted by Gasteiger charge is -2.12. The van der Waals surface area contributed by atoms with Crippen LogP contribution in [0.25, 0.3) is 0 Å². The van der Waals surface area contributed by atoms with Crippen molar-refractivity contribution in [3.05, 3.63) is 35.4 Å². The van der Waals surface area contributed by atoms with Gasteiger partial charge in [0, 0.05) is 5.75 Å². The minimum atomic E-state index is -0.558. The van der Waals surface area contributed by atoms with E-state index in [2.05, 4.69) is 11.4 Å². The number of amides is 1. The molecule has 0 aliphatic carbocycles. The molecular weight excluding hydrogens is 250 g/mol. The molecule has 5 heteroatoms. The van der Waals surface area contributed by atoms with Gasteiger partial charge in [-0.2, -0.15) is 0 Å². The molecule has 0 saturated heterocycles. The van der Waals surface area contributed by atoms with Gasteiger partial charge in [-0.3, -0.25) is 4.79 Å². The lowest BCUT2D eigenvalue weighted by molar-refractivity contribution is -0.119. The van der Waals surface area contributed by atoms with Gasteiger partial charge in [-0.1, -0.05) is 29.8 Å². The van der Waals surface area contributed by atoms with Crippen LogP contribution in [0.1, 0.15) is 11.1 Å². The molecule has 0 bridgehead atoms. The van der Waals surface area contributed by atoms with Crippen molar-refractivity contribution in [2.75, 3.05) is 19.0 Å². The molecule has 0 saturated carbocycles. The van der Waals surface area contributed by atoms with Crippen LogP contribution in [-0.4, -0.2) is 41.1 Å². The Morgan fingerprint density at radius 3 is 2.72 bits per heavy atom. The molecule has 0 aliphatic rings. The van der Waals surface area contributed by atoms with Gasteiger partial charge in [0.25, 0.3) is 0 Å². The molecule has 18 heavy (non-hydrogen) atoms. The van der Waals surface area contributed by atoms with Gasteiger partial charge in [-0.25, -0.2) is 0 Å². The third-order valence-electron chi connectivity index (χ3n) is 2.39. The summed E-state index contributed by atoms with van der Waals surface area (Å²) in [7, 11) is 0. The Bertz CT molecular complexity index is 380. The van der Waals surface area contributed by atoms with E-state index in [0.717, 1.165) is 5.75 Å². The van der Waals surface area contributed by atoms with E-state index in [4.69, 9.17) is 10.2 Å². The average molecular weight is 269 g/mol. The number of benzene rings is 1. The van der Waals surface area contributed by atoms with E-state index < -0.39 is 6.04 Å². The molecule has 0 radical (unpaired) electrons. The number of nitrogens with one attached hydrogen (secondary N) is 1. The summed E-state index contributed by atoms with van der Waals surface area (Å²) in [6.45, 7) is 1.55. The topological polar surface area (TPSA) is 69.6 Å². The molecule has 0 aromatic heterocycles. The predicted octanol–water partition coefficient (Wildman–Crippen LogP) is 0.698. The molecule has 0 aliphatic heterocycles. The summed E-state index contributed by atoms with van der Waals surface area (Å²) in [6.07, 6.45) is 0. The number of carbonyl (C=O) groups is 1. The molecule has 0 heterocycles. The van der Waals surface area contributed by atoms with E-state index in [0.29, 0.717) is 5.75 Å². The van der Waals surface area contributed by atoms with Crippen molar-refractivity contribution in [3.8, 4) is 0 Å². The van der Waals surface area contributed by atoms with Crippen LogP contribution in [-0.2, 0) is 10.5 Å². The summed E-state index contributed by atoms with van der Waals surface area (Å²) in [6, 6.07) is 7.60. The van der Waals surface area contributed by atoms with E-state index in [9.17, 15) is 4.79 Å². The molecule has 0 fully saturated rings. The Balaban J connectivity index is 2.27. The molecule has 4 nitrogen and oxygen atoms in total. The van der Waals surface area contributed by atoms with E-state index >= 15 is 0 Å².